The van der Waals surface area contributed by atoms with Crippen molar-refractivity contribution in [3.63, 3.8) is 0 Å². The van der Waals surface area contributed by atoms with Crippen molar-refractivity contribution < 1.29 is 14.3 Å². The van der Waals surface area contributed by atoms with Crippen molar-refractivity contribution in [2.45, 2.75) is 26.3 Å². The predicted octanol–water partition coefficient (Wildman–Crippen LogP) is 2.87. The van der Waals surface area contributed by atoms with E-state index in [0.29, 0.717) is 12.1 Å². The van der Waals surface area contributed by atoms with Gasteiger partial charge in [0.05, 0.1) is 25.7 Å². The van der Waals surface area contributed by atoms with Crippen LogP contribution < -0.4 is 0 Å². The number of ether oxygens (including phenoxy) is 1. The standard InChI is InChI=1S/C17H18N2O3/c1-17(2)8-14(20)11-6-4-5-7-12(11)15(17)19-10-18-9-13(19)16(21)22-3/h4-7,9-10,15H,8H2,1-3H3/t15-/m1/s1. The van der Waals surface area contributed by atoms with Gasteiger partial charge in [0.1, 0.15) is 5.69 Å². The van der Waals surface area contributed by atoms with Crippen LogP contribution in [0.4, 0.5) is 0 Å². The second-order valence-corrected chi connectivity index (χ2v) is 6.26. The Morgan fingerprint density at radius 2 is 2.09 bits per heavy atom. The minimum Gasteiger partial charge on any atom is -0.464 e. The van der Waals surface area contributed by atoms with Crippen LogP contribution in [0.1, 0.15) is 52.7 Å². The third-order valence-electron chi connectivity index (χ3n) is 4.25. The lowest BCUT2D eigenvalue weighted by Gasteiger charge is -2.40. The largest absolute Gasteiger partial charge is 0.464 e. The first-order chi connectivity index (χ1) is 10.5. The first-order valence-corrected chi connectivity index (χ1v) is 7.18. The van der Waals surface area contributed by atoms with Crippen molar-refractivity contribution in [2.24, 2.45) is 5.41 Å². The monoisotopic (exact) mass is 298 g/mol. The van der Waals surface area contributed by atoms with E-state index >= 15 is 0 Å². The molecule has 0 radical (unpaired) electrons. The number of ketones is 1. The molecule has 0 spiro atoms. The molecule has 5 heteroatoms. The molecule has 0 saturated heterocycles. The summed E-state index contributed by atoms with van der Waals surface area (Å²) in [6, 6.07) is 7.42. The normalized spacial score (nSPS) is 19.6. The lowest BCUT2D eigenvalue weighted by atomic mass is 9.69. The number of fused-ring (bicyclic) bond motifs is 1. The van der Waals surface area contributed by atoms with Gasteiger partial charge in [-0.2, -0.15) is 0 Å². The maximum Gasteiger partial charge on any atom is 0.356 e. The van der Waals surface area contributed by atoms with Gasteiger partial charge in [0.15, 0.2) is 5.78 Å². The maximum atomic E-state index is 12.4. The van der Waals surface area contributed by atoms with Crippen LogP contribution in [0, 0.1) is 5.41 Å². The van der Waals surface area contributed by atoms with Crippen molar-refractivity contribution in [3.8, 4) is 0 Å². The quantitative estimate of drug-likeness (QED) is 0.800. The number of esters is 1. The molecule has 1 aliphatic rings. The minimum absolute atomic E-state index is 0.136. The Kier molecular flexibility index (Phi) is 3.35. The molecule has 0 bridgehead atoms. The first kappa shape index (κ1) is 14.5. The number of benzene rings is 1. The van der Waals surface area contributed by atoms with Crippen LogP contribution in [0.2, 0.25) is 0 Å². The van der Waals surface area contributed by atoms with Gasteiger partial charge in [0, 0.05) is 12.0 Å². The van der Waals surface area contributed by atoms with Gasteiger partial charge < -0.3 is 9.30 Å². The number of nitrogens with zero attached hydrogens (tertiary/aromatic N) is 2. The molecule has 22 heavy (non-hydrogen) atoms. The Balaban J connectivity index is 2.21. The van der Waals surface area contributed by atoms with Crippen LogP contribution in [0.3, 0.4) is 0 Å². The number of Topliss-reactive ketones (excluding diaryl/α,β-unsaturated/α-hetero) is 1. The highest BCUT2D eigenvalue weighted by molar-refractivity contribution is 5.99. The second-order valence-electron chi connectivity index (χ2n) is 6.26. The van der Waals surface area contributed by atoms with Gasteiger partial charge in [-0.15, -0.1) is 0 Å². The number of methoxy groups -OCH3 is 1. The highest BCUT2D eigenvalue weighted by Crippen LogP contribution is 2.46. The van der Waals surface area contributed by atoms with Gasteiger partial charge in [0.2, 0.25) is 0 Å². The average Bonchev–Trinajstić information content (AvgIpc) is 2.94. The third kappa shape index (κ3) is 2.13. The van der Waals surface area contributed by atoms with E-state index in [2.05, 4.69) is 4.98 Å². The summed E-state index contributed by atoms with van der Waals surface area (Å²) in [5.41, 5.74) is 1.71. The van der Waals surface area contributed by atoms with E-state index in [1.165, 1.54) is 13.3 Å². The van der Waals surface area contributed by atoms with E-state index in [0.717, 1.165) is 11.1 Å². The molecule has 0 N–H and O–H groups in total. The fourth-order valence-corrected chi connectivity index (χ4v) is 3.32. The highest BCUT2D eigenvalue weighted by atomic mass is 16.5. The number of carbonyl (C=O) groups is 2. The number of hydrogen-bond acceptors (Lipinski definition) is 4. The Morgan fingerprint density at radius 1 is 1.36 bits per heavy atom. The van der Waals surface area contributed by atoms with E-state index < -0.39 is 5.97 Å². The maximum absolute atomic E-state index is 12.4. The Morgan fingerprint density at radius 3 is 2.82 bits per heavy atom. The molecular formula is C17H18N2O3. The lowest BCUT2D eigenvalue weighted by Crippen LogP contribution is -2.37. The van der Waals surface area contributed by atoms with Gasteiger partial charge in [-0.1, -0.05) is 38.1 Å². The molecule has 0 fully saturated rings. The summed E-state index contributed by atoms with van der Waals surface area (Å²) in [5, 5.41) is 0. The molecule has 1 heterocycles. The SMILES string of the molecule is COC(=O)c1cncn1[C@@H]1c2ccccc2C(=O)CC1(C)C. The van der Waals surface area contributed by atoms with Crippen molar-refractivity contribution in [3.05, 3.63) is 53.6 Å². The Hall–Kier alpha value is -2.43. The van der Waals surface area contributed by atoms with E-state index in [4.69, 9.17) is 4.74 Å². The minimum atomic E-state index is -0.428. The predicted molar refractivity (Wildman–Crippen MR) is 80.9 cm³/mol. The molecule has 1 atom stereocenters. The van der Waals surface area contributed by atoms with Gasteiger partial charge in [-0.3, -0.25) is 4.79 Å². The van der Waals surface area contributed by atoms with E-state index in [1.54, 1.807) is 6.33 Å². The number of carbonyl (C=O) groups excluding carboxylic acids is 2. The van der Waals surface area contributed by atoms with Gasteiger partial charge in [0.25, 0.3) is 0 Å². The number of aromatic nitrogens is 2. The van der Waals surface area contributed by atoms with Crippen LogP contribution >= 0.6 is 0 Å². The van der Waals surface area contributed by atoms with Crippen molar-refractivity contribution in [1.82, 2.24) is 9.55 Å². The summed E-state index contributed by atoms with van der Waals surface area (Å²) in [4.78, 5) is 28.5. The van der Waals surface area contributed by atoms with Crippen LogP contribution in [-0.4, -0.2) is 28.4 Å². The van der Waals surface area contributed by atoms with Gasteiger partial charge in [-0.25, -0.2) is 9.78 Å². The third-order valence-corrected chi connectivity index (χ3v) is 4.25. The van der Waals surface area contributed by atoms with E-state index in [1.807, 2.05) is 42.7 Å². The fraction of sp³-hybridized carbons (Fsp3) is 0.353. The molecule has 5 nitrogen and oxygen atoms in total. The molecule has 3 rings (SSSR count). The zero-order chi connectivity index (χ0) is 15.9. The smallest absolute Gasteiger partial charge is 0.356 e. The second kappa shape index (κ2) is 5.09. The van der Waals surface area contributed by atoms with Crippen LogP contribution in [0.15, 0.2) is 36.8 Å². The van der Waals surface area contributed by atoms with Gasteiger partial charge >= 0.3 is 5.97 Å². The Labute approximate surface area is 128 Å². The molecule has 1 aromatic heterocycles. The molecule has 114 valence electrons. The summed E-state index contributed by atoms with van der Waals surface area (Å²) in [6.45, 7) is 4.07. The van der Waals surface area contributed by atoms with Crippen LogP contribution in [-0.2, 0) is 4.74 Å². The first-order valence-electron chi connectivity index (χ1n) is 7.18. The number of rotatable bonds is 2. The zero-order valence-corrected chi connectivity index (χ0v) is 12.9. The molecule has 0 aliphatic heterocycles. The summed E-state index contributed by atoms with van der Waals surface area (Å²) < 4.78 is 6.65. The summed E-state index contributed by atoms with van der Waals surface area (Å²) in [6.07, 6.45) is 3.56. The molecule has 1 aliphatic carbocycles. The van der Waals surface area contributed by atoms with Crippen LogP contribution in [0.5, 0.6) is 0 Å². The highest BCUT2D eigenvalue weighted by Gasteiger charge is 2.42. The summed E-state index contributed by atoms with van der Waals surface area (Å²) >= 11 is 0. The Bertz CT molecular complexity index is 746. The molecule has 0 amide bonds. The average molecular weight is 298 g/mol. The topological polar surface area (TPSA) is 61.2 Å². The molecule has 0 unspecified atom stereocenters. The molecule has 1 aromatic carbocycles. The van der Waals surface area contributed by atoms with Crippen molar-refractivity contribution in [2.75, 3.05) is 7.11 Å². The van der Waals surface area contributed by atoms with Crippen LogP contribution in [0.25, 0.3) is 0 Å². The van der Waals surface area contributed by atoms with E-state index in [9.17, 15) is 9.59 Å². The van der Waals surface area contributed by atoms with Gasteiger partial charge in [-0.05, 0) is 11.0 Å². The summed E-state index contributed by atoms with van der Waals surface area (Å²) in [5.74, 6) is -0.292. The molecular weight excluding hydrogens is 280 g/mol. The lowest BCUT2D eigenvalue weighted by molar-refractivity contribution is 0.0580. The zero-order valence-electron chi connectivity index (χ0n) is 12.9. The van der Waals surface area contributed by atoms with Crippen molar-refractivity contribution in [1.29, 1.82) is 0 Å². The van der Waals surface area contributed by atoms with Crippen molar-refractivity contribution >= 4 is 11.8 Å². The summed E-state index contributed by atoms with van der Waals surface area (Å²) in [7, 11) is 1.35. The molecule has 0 saturated carbocycles. The fourth-order valence-electron chi connectivity index (χ4n) is 3.32. The molecule has 2 aromatic rings. The van der Waals surface area contributed by atoms with E-state index in [-0.39, 0.29) is 17.2 Å². The number of hydrogen-bond donors (Lipinski definition) is 0. The number of imidazole rings is 1.